The molecule has 0 radical (unpaired) electrons. The molecule has 0 bridgehead atoms. The Labute approximate surface area is 154 Å². The van der Waals surface area contributed by atoms with Crippen LogP contribution in [0.15, 0.2) is 72.9 Å². The summed E-state index contributed by atoms with van der Waals surface area (Å²) in [6.45, 7) is 4.41. The minimum absolute atomic E-state index is 0.540. The van der Waals surface area contributed by atoms with Gasteiger partial charge >= 0.3 is 0 Å². The summed E-state index contributed by atoms with van der Waals surface area (Å²) >= 11 is 0. The predicted octanol–water partition coefficient (Wildman–Crippen LogP) is 6.11. The van der Waals surface area contributed by atoms with Crippen molar-refractivity contribution in [1.29, 1.82) is 0 Å². The third kappa shape index (κ3) is 3.08. The topological polar surface area (TPSA) is 29.9 Å². The second kappa shape index (κ2) is 6.68. The zero-order valence-electron chi connectivity index (χ0n) is 15.4. The lowest BCUT2D eigenvalue weighted by molar-refractivity contribution is 0.867. The number of aryl methyl sites for hydroxylation is 1. The van der Waals surface area contributed by atoms with Gasteiger partial charge in [-0.25, -0.2) is 4.98 Å². The molecule has 0 saturated carbocycles. The number of hydrogen-bond acceptors (Lipinski definition) is 2. The van der Waals surface area contributed by atoms with E-state index in [1.807, 2.05) is 12.3 Å². The molecule has 0 aliphatic carbocycles. The van der Waals surface area contributed by atoms with E-state index in [9.17, 15) is 0 Å². The summed E-state index contributed by atoms with van der Waals surface area (Å²) in [5.41, 5.74) is 5.97. The molecule has 3 nitrogen and oxygen atoms in total. The number of rotatable bonds is 4. The standard InChI is InChI=1S/C23H23N3/c1-16(2)17-9-11-20(12-10-17)25-23-14-22-19(15-24-23)13-21(26(22)3)18-7-5-4-6-8-18/h4-16H,1-3H3,(H,24,25). The summed E-state index contributed by atoms with van der Waals surface area (Å²) in [7, 11) is 2.10. The third-order valence-electron chi connectivity index (χ3n) is 4.85. The highest BCUT2D eigenvalue weighted by molar-refractivity contribution is 5.88. The molecule has 0 saturated heterocycles. The summed E-state index contributed by atoms with van der Waals surface area (Å²) in [4.78, 5) is 4.58. The largest absolute Gasteiger partial charge is 0.343 e. The van der Waals surface area contributed by atoms with E-state index in [0.717, 1.165) is 16.9 Å². The van der Waals surface area contributed by atoms with Gasteiger partial charge in [0.15, 0.2) is 0 Å². The maximum absolute atomic E-state index is 4.58. The molecule has 0 unspecified atom stereocenters. The van der Waals surface area contributed by atoms with Crippen LogP contribution in [0, 0.1) is 0 Å². The predicted molar refractivity (Wildman–Crippen MR) is 110 cm³/mol. The van der Waals surface area contributed by atoms with E-state index in [1.165, 1.54) is 22.3 Å². The Kier molecular flexibility index (Phi) is 4.21. The van der Waals surface area contributed by atoms with Crippen molar-refractivity contribution < 1.29 is 0 Å². The van der Waals surface area contributed by atoms with E-state index in [2.05, 4.69) is 96.4 Å². The number of anilines is 2. The lowest BCUT2D eigenvalue weighted by Gasteiger charge is -2.09. The SMILES string of the molecule is CC(C)c1ccc(Nc2cc3c(cn2)cc(-c2ccccc2)n3C)cc1. The Morgan fingerprint density at radius 3 is 2.35 bits per heavy atom. The van der Waals surface area contributed by atoms with Gasteiger partial charge < -0.3 is 9.88 Å². The van der Waals surface area contributed by atoms with Gasteiger partial charge in [0.2, 0.25) is 0 Å². The van der Waals surface area contributed by atoms with Crippen LogP contribution in [0.5, 0.6) is 0 Å². The third-order valence-corrected chi connectivity index (χ3v) is 4.85. The van der Waals surface area contributed by atoms with Gasteiger partial charge in [0.05, 0.1) is 5.52 Å². The van der Waals surface area contributed by atoms with Crippen molar-refractivity contribution in [3.63, 3.8) is 0 Å². The summed E-state index contributed by atoms with van der Waals surface area (Å²) < 4.78 is 2.22. The molecule has 2 aromatic carbocycles. The fraction of sp³-hybridized carbons (Fsp3) is 0.174. The number of nitrogens with one attached hydrogen (secondary N) is 1. The zero-order valence-corrected chi connectivity index (χ0v) is 15.4. The van der Waals surface area contributed by atoms with E-state index in [0.29, 0.717) is 5.92 Å². The monoisotopic (exact) mass is 341 g/mol. The number of fused-ring (bicyclic) bond motifs is 1. The number of aromatic nitrogens is 2. The van der Waals surface area contributed by atoms with Gasteiger partial charge in [-0.15, -0.1) is 0 Å². The highest BCUT2D eigenvalue weighted by Crippen LogP contribution is 2.29. The van der Waals surface area contributed by atoms with Crippen LogP contribution in [0.4, 0.5) is 11.5 Å². The van der Waals surface area contributed by atoms with Crippen molar-refractivity contribution in [2.45, 2.75) is 19.8 Å². The van der Waals surface area contributed by atoms with E-state index < -0.39 is 0 Å². The Hall–Kier alpha value is -3.07. The molecule has 130 valence electrons. The lowest BCUT2D eigenvalue weighted by atomic mass is 10.0. The van der Waals surface area contributed by atoms with Crippen LogP contribution in [0.1, 0.15) is 25.3 Å². The Morgan fingerprint density at radius 2 is 1.65 bits per heavy atom. The Balaban J connectivity index is 1.66. The summed E-state index contributed by atoms with van der Waals surface area (Å²) in [6.07, 6.45) is 1.94. The molecule has 0 atom stereocenters. The molecule has 0 fully saturated rings. The zero-order chi connectivity index (χ0) is 18.1. The first kappa shape index (κ1) is 16.4. The average Bonchev–Trinajstić information content (AvgIpc) is 2.99. The van der Waals surface area contributed by atoms with Gasteiger partial charge in [-0.05, 0) is 35.2 Å². The first-order valence-corrected chi connectivity index (χ1v) is 9.00. The van der Waals surface area contributed by atoms with Gasteiger partial charge in [0, 0.05) is 36.1 Å². The van der Waals surface area contributed by atoms with Crippen LogP contribution in [-0.4, -0.2) is 9.55 Å². The Bertz CT molecular complexity index is 1030. The van der Waals surface area contributed by atoms with Gasteiger partial charge in [-0.2, -0.15) is 0 Å². The molecule has 0 amide bonds. The summed E-state index contributed by atoms with van der Waals surface area (Å²) in [5, 5.41) is 4.56. The van der Waals surface area contributed by atoms with Crippen molar-refractivity contribution in [2.24, 2.45) is 7.05 Å². The normalized spacial score (nSPS) is 11.2. The van der Waals surface area contributed by atoms with E-state index >= 15 is 0 Å². The molecule has 0 spiro atoms. The van der Waals surface area contributed by atoms with Crippen LogP contribution in [0.25, 0.3) is 22.2 Å². The fourth-order valence-electron chi connectivity index (χ4n) is 3.28. The molecule has 2 heterocycles. The van der Waals surface area contributed by atoms with E-state index in [-0.39, 0.29) is 0 Å². The lowest BCUT2D eigenvalue weighted by Crippen LogP contribution is -1.96. The minimum atomic E-state index is 0.540. The Morgan fingerprint density at radius 1 is 0.923 bits per heavy atom. The molecule has 2 aromatic heterocycles. The van der Waals surface area contributed by atoms with E-state index in [4.69, 9.17) is 0 Å². The maximum Gasteiger partial charge on any atom is 0.132 e. The quantitative estimate of drug-likeness (QED) is 0.485. The molecular formula is C23H23N3. The number of pyridine rings is 1. The summed E-state index contributed by atoms with van der Waals surface area (Å²) in [5.74, 6) is 1.40. The summed E-state index contributed by atoms with van der Waals surface area (Å²) in [6, 6.07) is 23.3. The molecule has 4 aromatic rings. The molecular weight excluding hydrogens is 318 g/mol. The number of nitrogens with zero attached hydrogens (tertiary/aromatic N) is 2. The van der Waals surface area contributed by atoms with Gasteiger partial charge in [-0.1, -0.05) is 56.3 Å². The van der Waals surface area contributed by atoms with Crippen molar-refractivity contribution in [3.8, 4) is 11.3 Å². The molecule has 0 aliphatic rings. The highest BCUT2D eigenvalue weighted by Gasteiger charge is 2.09. The second-order valence-electron chi connectivity index (χ2n) is 6.98. The molecule has 1 N–H and O–H groups in total. The maximum atomic E-state index is 4.58. The first-order valence-electron chi connectivity index (χ1n) is 9.00. The van der Waals surface area contributed by atoms with E-state index in [1.54, 1.807) is 0 Å². The van der Waals surface area contributed by atoms with Crippen LogP contribution in [-0.2, 0) is 7.05 Å². The van der Waals surface area contributed by atoms with Crippen LogP contribution in [0.2, 0.25) is 0 Å². The smallest absolute Gasteiger partial charge is 0.132 e. The van der Waals surface area contributed by atoms with Crippen LogP contribution < -0.4 is 5.32 Å². The molecule has 4 rings (SSSR count). The van der Waals surface area contributed by atoms with Crippen molar-refractivity contribution in [1.82, 2.24) is 9.55 Å². The first-order chi connectivity index (χ1) is 12.6. The van der Waals surface area contributed by atoms with Gasteiger partial charge in [-0.3, -0.25) is 0 Å². The fourth-order valence-corrected chi connectivity index (χ4v) is 3.28. The average molecular weight is 341 g/mol. The van der Waals surface area contributed by atoms with Crippen LogP contribution >= 0.6 is 0 Å². The number of hydrogen-bond donors (Lipinski definition) is 1. The van der Waals surface area contributed by atoms with Crippen molar-refractivity contribution in [2.75, 3.05) is 5.32 Å². The highest BCUT2D eigenvalue weighted by atomic mass is 15.0. The number of benzene rings is 2. The van der Waals surface area contributed by atoms with Crippen molar-refractivity contribution in [3.05, 3.63) is 78.5 Å². The molecule has 3 heteroatoms. The van der Waals surface area contributed by atoms with Crippen molar-refractivity contribution >= 4 is 22.4 Å². The van der Waals surface area contributed by atoms with Gasteiger partial charge in [0.25, 0.3) is 0 Å². The molecule has 0 aliphatic heterocycles. The second-order valence-corrected chi connectivity index (χ2v) is 6.98. The van der Waals surface area contributed by atoms with Crippen LogP contribution in [0.3, 0.4) is 0 Å². The van der Waals surface area contributed by atoms with Gasteiger partial charge in [0.1, 0.15) is 5.82 Å². The molecule has 26 heavy (non-hydrogen) atoms. The minimum Gasteiger partial charge on any atom is -0.343 e.